The average Bonchev–Trinajstić information content (AvgIpc) is 3.30. The van der Waals surface area contributed by atoms with Crippen LogP contribution < -0.4 is 10.1 Å². The number of esters is 1. The number of amides is 1. The molecule has 1 amide bonds. The Hall–Kier alpha value is -3.97. The molecule has 1 heterocycles. The Labute approximate surface area is 202 Å². The zero-order chi connectivity index (χ0) is 23.8. The molecular weight excluding hydrogens is 448 g/mol. The van der Waals surface area contributed by atoms with Gasteiger partial charge in [0.2, 0.25) is 5.91 Å². The second-order valence-corrected chi connectivity index (χ2v) is 8.59. The summed E-state index contributed by atoms with van der Waals surface area (Å²) in [5.74, 6) is 0.0942. The highest BCUT2D eigenvalue weighted by Gasteiger charge is 2.12. The van der Waals surface area contributed by atoms with E-state index in [9.17, 15) is 9.59 Å². The van der Waals surface area contributed by atoms with Crippen LogP contribution in [-0.2, 0) is 29.2 Å². The number of thiazole rings is 1. The van der Waals surface area contributed by atoms with Gasteiger partial charge in [0.1, 0.15) is 24.0 Å². The number of aromatic nitrogens is 1. The minimum atomic E-state index is -0.443. The number of aryl methyl sites for hydroxylation is 1. The van der Waals surface area contributed by atoms with E-state index in [1.165, 1.54) is 11.3 Å². The highest BCUT2D eigenvalue weighted by molar-refractivity contribution is 7.09. The van der Waals surface area contributed by atoms with E-state index in [1.54, 1.807) is 29.6 Å². The molecule has 0 aliphatic carbocycles. The van der Waals surface area contributed by atoms with Crippen molar-refractivity contribution in [1.82, 2.24) is 4.98 Å². The second-order valence-electron chi connectivity index (χ2n) is 7.65. The lowest BCUT2D eigenvalue weighted by molar-refractivity contribution is -0.115. The van der Waals surface area contributed by atoms with Gasteiger partial charge in [-0.1, -0.05) is 48.5 Å². The Morgan fingerprint density at radius 3 is 2.41 bits per heavy atom. The molecule has 4 rings (SSSR count). The molecule has 1 N–H and O–H groups in total. The number of carbonyl (C=O) groups excluding carboxylic acids is 2. The van der Waals surface area contributed by atoms with Crippen molar-refractivity contribution in [1.29, 1.82) is 0 Å². The van der Waals surface area contributed by atoms with E-state index in [0.717, 1.165) is 16.8 Å². The third-order valence-electron chi connectivity index (χ3n) is 5.02. The third-order valence-corrected chi connectivity index (χ3v) is 5.92. The number of nitrogens with one attached hydrogen (secondary N) is 1. The first kappa shape index (κ1) is 23.2. The van der Waals surface area contributed by atoms with Gasteiger partial charge < -0.3 is 14.8 Å². The van der Waals surface area contributed by atoms with Crippen LogP contribution in [0.1, 0.15) is 32.2 Å². The number of para-hydroxylation sites is 1. The van der Waals surface area contributed by atoms with Gasteiger partial charge in [0, 0.05) is 11.1 Å². The van der Waals surface area contributed by atoms with E-state index in [4.69, 9.17) is 9.47 Å². The zero-order valence-corrected chi connectivity index (χ0v) is 19.5. The van der Waals surface area contributed by atoms with Crippen LogP contribution in [0.5, 0.6) is 5.75 Å². The Morgan fingerprint density at radius 1 is 0.912 bits per heavy atom. The highest BCUT2D eigenvalue weighted by atomic mass is 32.1. The van der Waals surface area contributed by atoms with Gasteiger partial charge in [-0.25, -0.2) is 9.78 Å². The molecule has 4 aromatic rings. The van der Waals surface area contributed by atoms with E-state index in [-0.39, 0.29) is 18.9 Å². The van der Waals surface area contributed by atoms with Crippen molar-refractivity contribution in [2.45, 2.75) is 26.6 Å². The Kier molecular flexibility index (Phi) is 7.67. The third kappa shape index (κ3) is 6.52. The Morgan fingerprint density at radius 2 is 1.65 bits per heavy atom. The van der Waals surface area contributed by atoms with Crippen LogP contribution in [-0.4, -0.2) is 16.9 Å². The van der Waals surface area contributed by atoms with Gasteiger partial charge in [-0.05, 0) is 48.4 Å². The Balaban J connectivity index is 1.24. The van der Waals surface area contributed by atoms with Crippen LogP contribution in [0, 0.1) is 6.92 Å². The smallest absolute Gasteiger partial charge is 0.338 e. The van der Waals surface area contributed by atoms with Crippen molar-refractivity contribution < 1.29 is 19.1 Å². The summed E-state index contributed by atoms with van der Waals surface area (Å²) < 4.78 is 11.1. The predicted molar refractivity (Wildman–Crippen MR) is 132 cm³/mol. The van der Waals surface area contributed by atoms with Gasteiger partial charge in [0.05, 0.1) is 17.7 Å². The first-order valence-electron chi connectivity index (χ1n) is 10.8. The van der Waals surface area contributed by atoms with E-state index in [1.807, 2.05) is 61.5 Å². The molecular formula is C27H24N2O4S. The summed E-state index contributed by atoms with van der Waals surface area (Å²) in [4.78, 5) is 29.1. The van der Waals surface area contributed by atoms with Gasteiger partial charge in [0.25, 0.3) is 0 Å². The van der Waals surface area contributed by atoms with Gasteiger partial charge >= 0.3 is 5.97 Å². The number of nitrogens with zero attached hydrogens (tertiary/aromatic N) is 1. The first-order valence-corrected chi connectivity index (χ1v) is 11.7. The van der Waals surface area contributed by atoms with Crippen molar-refractivity contribution in [3.63, 3.8) is 0 Å². The van der Waals surface area contributed by atoms with Crippen molar-refractivity contribution in [2.24, 2.45) is 0 Å². The van der Waals surface area contributed by atoms with Crippen molar-refractivity contribution in [3.8, 4) is 5.75 Å². The largest absolute Gasteiger partial charge is 0.489 e. The Bertz CT molecular complexity index is 1250. The number of ether oxygens (including phenoxy) is 2. The van der Waals surface area contributed by atoms with Crippen molar-refractivity contribution >= 4 is 28.9 Å². The molecule has 0 saturated heterocycles. The SMILES string of the molecule is Cc1ccccc1NC(=O)Cc1nc(COC(=O)c2ccc(OCc3ccccc3)cc2)cs1. The molecule has 0 spiro atoms. The van der Waals surface area contributed by atoms with Crippen molar-refractivity contribution in [3.05, 3.63) is 112 Å². The minimum Gasteiger partial charge on any atom is -0.489 e. The molecule has 6 nitrogen and oxygen atoms in total. The zero-order valence-electron chi connectivity index (χ0n) is 18.7. The highest BCUT2D eigenvalue weighted by Crippen LogP contribution is 2.18. The monoisotopic (exact) mass is 472 g/mol. The van der Waals surface area contributed by atoms with Gasteiger partial charge in [0.15, 0.2) is 0 Å². The van der Waals surface area contributed by atoms with E-state index >= 15 is 0 Å². The molecule has 0 saturated carbocycles. The fraction of sp³-hybridized carbons (Fsp3) is 0.148. The van der Waals surface area contributed by atoms with Gasteiger partial charge in [-0.3, -0.25) is 4.79 Å². The summed E-state index contributed by atoms with van der Waals surface area (Å²) >= 11 is 1.37. The van der Waals surface area contributed by atoms with Gasteiger partial charge in [-0.15, -0.1) is 11.3 Å². The number of rotatable bonds is 9. The molecule has 0 unspecified atom stereocenters. The maximum absolute atomic E-state index is 12.4. The van der Waals surface area contributed by atoms with E-state index in [0.29, 0.717) is 28.6 Å². The van der Waals surface area contributed by atoms with Crippen LogP contribution in [0.15, 0.2) is 84.2 Å². The molecule has 172 valence electrons. The molecule has 0 atom stereocenters. The number of anilines is 1. The number of hydrogen-bond donors (Lipinski definition) is 1. The van der Waals surface area contributed by atoms with E-state index in [2.05, 4.69) is 10.3 Å². The number of benzene rings is 3. The lowest BCUT2D eigenvalue weighted by atomic mass is 10.2. The van der Waals surface area contributed by atoms with Crippen LogP contribution in [0.3, 0.4) is 0 Å². The fourth-order valence-electron chi connectivity index (χ4n) is 3.19. The van der Waals surface area contributed by atoms with Gasteiger partial charge in [-0.2, -0.15) is 0 Å². The predicted octanol–water partition coefficient (Wildman–Crippen LogP) is 5.57. The molecule has 7 heteroatoms. The maximum Gasteiger partial charge on any atom is 0.338 e. The normalized spacial score (nSPS) is 10.5. The molecule has 0 fully saturated rings. The summed E-state index contributed by atoms with van der Waals surface area (Å²) in [6.45, 7) is 2.44. The summed E-state index contributed by atoms with van der Waals surface area (Å²) in [6, 6.07) is 24.3. The summed E-state index contributed by atoms with van der Waals surface area (Å²) in [7, 11) is 0. The molecule has 0 radical (unpaired) electrons. The summed E-state index contributed by atoms with van der Waals surface area (Å²) in [5, 5.41) is 5.35. The summed E-state index contributed by atoms with van der Waals surface area (Å²) in [5.41, 5.74) is 3.90. The van der Waals surface area contributed by atoms with Crippen LogP contribution in [0.2, 0.25) is 0 Å². The average molecular weight is 473 g/mol. The topological polar surface area (TPSA) is 77.5 Å². The molecule has 34 heavy (non-hydrogen) atoms. The molecule has 0 bridgehead atoms. The first-order chi connectivity index (χ1) is 16.6. The standard InChI is InChI=1S/C27H24N2O4S/c1-19-7-5-6-10-24(19)29-25(30)15-26-28-22(18-34-26)17-33-27(31)21-11-13-23(14-12-21)32-16-20-8-3-2-4-9-20/h2-14,18H,15-17H2,1H3,(H,29,30). The van der Waals surface area contributed by atoms with Crippen LogP contribution >= 0.6 is 11.3 Å². The van der Waals surface area contributed by atoms with E-state index < -0.39 is 5.97 Å². The molecule has 0 aliphatic rings. The van der Waals surface area contributed by atoms with Crippen LogP contribution in [0.25, 0.3) is 0 Å². The fourth-order valence-corrected chi connectivity index (χ4v) is 3.97. The molecule has 1 aromatic heterocycles. The molecule has 0 aliphatic heterocycles. The van der Waals surface area contributed by atoms with Crippen molar-refractivity contribution in [2.75, 3.05) is 5.32 Å². The lowest BCUT2D eigenvalue weighted by Crippen LogP contribution is -2.15. The minimum absolute atomic E-state index is 0.0427. The van der Waals surface area contributed by atoms with Crippen LogP contribution in [0.4, 0.5) is 5.69 Å². The summed E-state index contributed by atoms with van der Waals surface area (Å²) in [6.07, 6.45) is 0.164. The second kappa shape index (κ2) is 11.2. The maximum atomic E-state index is 12.4. The number of carbonyl (C=O) groups is 2. The number of hydrogen-bond acceptors (Lipinski definition) is 6. The molecule has 3 aromatic carbocycles. The quantitative estimate of drug-likeness (QED) is 0.322. The lowest BCUT2D eigenvalue weighted by Gasteiger charge is -2.07.